The van der Waals surface area contributed by atoms with Gasteiger partial charge in [-0.2, -0.15) is 9.97 Å². The number of aromatic amines is 1. The molecule has 0 aliphatic heterocycles. The van der Waals surface area contributed by atoms with E-state index in [9.17, 15) is 0 Å². The van der Waals surface area contributed by atoms with Gasteiger partial charge in [-0.1, -0.05) is 0 Å². The molecule has 0 saturated heterocycles. The fraction of sp³-hybridized carbons (Fsp3) is 0.500. The van der Waals surface area contributed by atoms with Crippen molar-refractivity contribution in [1.82, 2.24) is 19.9 Å². The van der Waals surface area contributed by atoms with Gasteiger partial charge in [0, 0.05) is 20.8 Å². The SMILES string of the molecule is COCC(CNc1nc(Cl)nc2nc[nH]c12)OC. The zero-order chi connectivity index (χ0) is 13.0. The van der Waals surface area contributed by atoms with Gasteiger partial charge >= 0.3 is 0 Å². The molecule has 2 N–H and O–H groups in total. The number of rotatable bonds is 6. The molecule has 0 fully saturated rings. The second-order valence-corrected chi connectivity index (χ2v) is 3.97. The Balaban J connectivity index is 2.13. The van der Waals surface area contributed by atoms with Crippen molar-refractivity contribution >= 4 is 28.6 Å². The number of anilines is 1. The Labute approximate surface area is 109 Å². The lowest BCUT2D eigenvalue weighted by Gasteiger charge is -2.15. The molecule has 0 saturated carbocycles. The third-order valence-corrected chi connectivity index (χ3v) is 2.61. The van der Waals surface area contributed by atoms with E-state index in [2.05, 4.69) is 25.3 Å². The number of imidazole rings is 1. The van der Waals surface area contributed by atoms with E-state index in [0.29, 0.717) is 30.1 Å². The van der Waals surface area contributed by atoms with Crippen LogP contribution in [0.15, 0.2) is 6.33 Å². The zero-order valence-electron chi connectivity index (χ0n) is 10.1. The lowest BCUT2D eigenvalue weighted by molar-refractivity contribution is 0.0365. The number of nitrogens with zero attached hydrogens (tertiary/aromatic N) is 3. The summed E-state index contributed by atoms with van der Waals surface area (Å²) in [5.41, 5.74) is 1.24. The molecule has 18 heavy (non-hydrogen) atoms. The van der Waals surface area contributed by atoms with Crippen LogP contribution in [0.1, 0.15) is 0 Å². The Hall–Kier alpha value is -1.44. The number of halogens is 1. The van der Waals surface area contributed by atoms with Crippen LogP contribution in [0.25, 0.3) is 11.2 Å². The van der Waals surface area contributed by atoms with Crippen LogP contribution in [0.2, 0.25) is 5.28 Å². The average molecular weight is 272 g/mol. The molecule has 98 valence electrons. The molecule has 2 aromatic rings. The van der Waals surface area contributed by atoms with Gasteiger partial charge in [0.25, 0.3) is 0 Å². The van der Waals surface area contributed by atoms with E-state index in [4.69, 9.17) is 21.1 Å². The largest absolute Gasteiger partial charge is 0.382 e. The Morgan fingerprint density at radius 1 is 1.44 bits per heavy atom. The summed E-state index contributed by atoms with van der Waals surface area (Å²) in [4.78, 5) is 15.1. The first-order valence-corrected chi connectivity index (χ1v) is 5.74. The molecule has 2 aromatic heterocycles. The van der Waals surface area contributed by atoms with Crippen molar-refractivity contribution in [2.75, 3.05) is 32.7 Å². The highest BCUT2D eigenvalue weighted by molar-refractivity contribution is 6.28. The summed E-state index contributed by atoms with van der Waals surface area (Å²) in [7, 11) is 3.25. The molecule has 2 rings (SSSR count). The van der Waals surface area contributed by atoms with E-state index >= 15 is 0 Å². The molecule has 0 aromatic carbocycles. The molecule has 0 radical (unpaired) electrons. The normalized spacial score (nSPS) is 12.8. The summed E-state index contributed by atoms with van der Waals surface area (Å²) in [5, 5.41) is 3.29. The summed E-state index contributed by atoms with van der Waals surface area (Å²) < 4.78 is 10.3. The summed E-state index contributed by atoms with van der Waals surface area (Å²) in [6.07, 6.45) is 1.48. The minimum atomic E-state index is -0.0679. The number of ether oxygens (including phenoxy) is 2. The first kappa shape index (κ1) is 13.0. The fourth-order valence-electron chi connectivity index (χ4n) is 1.54. The van der Waals surface area contributed by atoms with E-state index in [0.717, 1.165) is 0 Å². The molecular formula is C10H14ClN5O2. The fourth-order valence-corrected chi connectivity index (χ4v) is 1.71. The molecule has 1 unspecified atom stereocenters. The molecule has 0 spiro atoms. The summed E-state index contributed by atoms with van der Waals surface area (Å²) >= 11 is 5.82. The first-order valence-electron chi connectivity index (χ1n) is 5.36. The number of fused-ring (bicyclic) bond motifs is 1. The van der Waals surface area contributed by atoms with Crippen LogP contribution in [-0.4, -0.2) is 53.4 Å². The molecule has 0 amide bonds. The topological polar surface area (TPSA) is 85.0 Å². The lowest BCUT2D eigenvalue weighted by atomic mass is 10.3. The third kappa shape index (κ3) is 2.87. The van der Waals surface area contributed by atoms with Gasteiger partial charge in [0.15, 0.2) is 11.5 Å². The second-order valence-electron chi connectivity index (χ2n) is 3.64. The summed E-state index contributed by atoms with van der Waals surface area (Å²) in [5.74, 6) is 0.598. The maximum Gasteiger partial charge on any atom is 0.226 e. The predicted octanol–water partition coefficient (Wildman–Crippen LogP) is 1.08. The molecule has 7 nitrogen and oxygen atoms in total. The summed E-state index contributed by atoms with van der Waals surface area (Å²) in [6, 6.07) is 0. The van der Waals surface area contributed by atoms with E-state index < -0.39 is 0 Å². The number of hydrogen-bond donors (Lipinski definition) is 2. The van der Waals surface area contributed by atoms with E-state index in [1.807, 2.05) is 0 Å². The standard InChI is InChI=1S/C10H14ClN5O2/c1-17-4-6(18-2)3-12-8-7-9(14-5-13-7)16-10(11)15-8/h5-6H,3-4H2,1-2H3,(H2,12,13,14,15,16). The molecule has 8 heteroatoms. The molecule has 2 heterocycles. The molecule has 1 atom stereocenters. The van der Waals surface area contributed by atoms with Crippen molar-refractivity contribution in [2.45, 2.75) is 6.10 Å². The van der Waals surface area contributed by atoms with Gasteiger partial charge in [-0.3, -0.25) is 0 Å². The quantitative estimate of drug-likeness (QED) is 0.765. The van der Waals surface area contributed by atoms with Gasteiger partial charge in [0.2, 0.25) is 5.28 Å². The molecule has 0 aliphatic rings. The molecule has 0 bridgehead atoms. The van der Waals surface area contributed by atoms with Crippen molar-refractivity contribution in [3.05, 3.63) is 11.6 Å². The zero-order valence-corrected chi connectivity index (χ0v) is 10.9. The van der Waals surface area contributed by atoms with Gasteiger partial charge in [-0.25, -0.2) is 4.98 Å². The smallest absolute Gasteiger partial charge is 0.226 e. The Morgan fingerprint density at radius 3 is 3.00 bits per heavy atom. The first-order chi connectivity index (χ1) is 8.74. The number of H-pyrrole nitrogens is 1. The van der Waals surface area contributed by atoms with Gasteiger partial charge < -0.3 is 19.8 Å². The monoisotopic (exact) mass is 271 g/mol. The van der Waals surface area contributed by atoms with Crippen molar-refractivity contribution in [2.24, 2.45) is 0 Å². The highest BCUT2D eigenvalue weighted by Gasteiger charge is 2.11. The third-order valence-electron chi connectivity index (χ3n) is 2.44. The lowest BCUT2D eigenvalue weighted by Crippen LogP contribution is -2.27. The van der Waals surface area contributed by atoms with Crippen molar-refractivity contribution in [3.63, 3.8) is 0 Å². The number of hydrogen-bond acceptors (Lipinski definition) is 6. The number of aromatic nitrogens is 4. The van der Waals surface area contributed by atoms with E-state index in [-0.39, 0.29) is 11.4 Å². The van der Waals surface area contributed by atoms with Crippen LogP contribution >= 0.6 is 11.6 Å². The minimum absolute atomic E-state index is 0.0679. The van der Waals surface area contributed by atoms with Crippen molar-refractivity contribution in [1.29, 1.82) is 0 Å². The van der Waals surface area contributed by atoms with Gasteiger partial charge in [0.1, 0.15) is 5.52 Å². The van der Waals surface area contributed by atoms with Gasteiger partial charge in [-0.15, -0.1) is 0 Å². The minimum Gasteiger partial charge on any atom is -0.382 e. The number of methoxy groups -OCH3 is 2. The van der Waals surface area contributed by atoms with Crippen LogP contribution in [0.4, 0.5) is 5.82 Å². The Morgan fingerprint density at radius 2 is 2.28 bits per heavy atom. The van der Waals surface area contributed by atoms with E-state index in [1.165, 1.54) is 0 Å². The van der Waals surface area contributed by atoms with Crippen LogP contribution in [0, 0.1) is 0 Å². The number of nitrogens with one attached hydrogen (secondary N) is 2. The van der Waals surface area contributed by atoms with Gasteiger partial charge in [0.05, 0.1) is 19.0 Å². The average Bonchev–Trinajstić information content (AvgIpc) is 2.82. The Bertz CT molecular complexity index is 518. The maximum absolute atomic E-state index is 5.82. The predicted molar refractivity (Wildman–Crippen MR) is 67.9 cm³/mol. The second kappa shape index (κ2) is 5.94. The van der Waals surface area contributed by atoms with Crippen LogP contribution in [0.3, 0.4) is 0 Å². The molecular weight excluding hydrogens is 258 g/mol. The van der Waals surface area contributed by atoms with Crippen LogP contribution in [0.5, 0.6) is 0 Å². The molecule has 0 aliphatic carbocycles. The highest BCUT2D eigenvalue weighted by atomic mass is 35.5. The summed E-state index contributed by atoms with van der Waals surface area (Å²) in [6.45, 7) is 1.04. The van der Waals surface area contributed by atoms with Crippen molar-refractivity contribution < 1.29 is 9.47 Å². The maximum atomic E-state index is 5.82. The van der Waals surface area contributed by atoms with Crippen LogP contribution < -0.4 is 5.32 Å². The Kier molecular flexibility index (Phi) is 4.29. The van der Waals surface area contributed by atoms with E-state index in [1.54, 1.807) is 20.5 Å². The highest BCUT2D eigenvalue weighted by Crippen LogP contribution is 2.18. The van der Waals surface area contributed by atoms with Crippen molar-refractivity contribution in [3.8, 4) is 0 Å². The van der Waals surface area contributed by atoms with Gasteiger partial charge in [-0.05, 0) is 11.6 Å². The van der Waals surface area contributed by atoms with Crippen LogP contribution in [-0.2, 0) is 9.47 Å².